The van der Waals surface area contributed by atoms with Crippen molar-refractivity contribution < 1.29 is 34.0 Å². The molecule has 0 radical (unpaired) electrons. The Morgan fingerprint density at radius 2 is 1.53 bits per heavy atom. The first-order valence-corrected chi connectivity index (χ1v) is 5.19. The molecule has 0 aromatic carbocycles. The van der Waals surface area contributed by atoms with Gasteiger partial charge in [-0.15, -0.1) is 0 Å². The van der Waals surface area contributed by atoms with E-state index in [0.717, 1.165) is 13.8 Å². The summed E-state index contributed by atoms with van der Waals surface area (Å²) in [5.74, 6) is -1.32. The molecule has 7 heteroatoms. The van der Waals surface area contributed by atoms with Crippen LogP contribution >= 0.6 is 0 Å². The largest absolute Gasteiger partial charge is 0.455 e. The summed E-state index contributed by atoms with van der Waals surface area (Å²) in [6.07, 6.45) is -5.73. The van der Waals surface area contributed by atoms with Crippen molar-refractivity contribution in [2.75, 3.05) is 0 Å². The Morgan fingerprint density at radius 3 is 2.00 bits per heavy atom. The highest BCUT2D eigenvalue weighted by molar-refractivity contribution is 5.67. The van der Waals surface area contributed by atoms with Crippen molar-refractivity contribution in [3.8, 4) is 0 Å². The van der Waals surface area contributed by atoms with Crippen LogP contribution in [-0.4, -0.2) is 52.9 Å². The second-order valence-electron chi connectivity index (χ2n) is 3.87. The van der Waals surface area contributed by atoms with E-state index in [-0.39, 0.29) is 0 Å². The molecule has 1 aliphatic rings. The van der Waals surface area contributed by atoms with E-state index in [1.807, 2.05) is 0 Å². The minimum atomic E-state index is -1.44. The van der Waals surface area contributed by atoms with Gasteiger partial charge >= 0.3 is 11.9 Å². The molecule has 0 spiro atoms. The van der Waals surface area contributed by atoms with Gasteiger partial charge in [0.1, 0.15) is 6.10 Å². The summed E-state index contributed by atoms with van der Waals surface area (Å²) >= 11 is 0. The topological polar surface area (TPSA) is 102 Å². The molecule has 1 rings (SSSR count). The molecule has 5 unspecified atom stereocenters. The Morgan fingerprint density at radius 1 is 1.06 bits per heavy atom. The number of aliphatic hydroxyl groups is 2. The van der Waals surface area contributed by atoms with Gasteiger partial charge in [-0.3, -0.25) is 9.59 Å². The van der Waals surface area contributed by atoms with E-state index < -0.39 is 42.6 Å². The first-order valence-electron chi connectivity index (χ1n) is 5.19. The second kappa shape index (κ2) is 5.44. The molecule has 98 valence electrons. The third kappa shape index (κ3) is 3.39. The molecule has 0 amide bonds. The zero-order chi connectivity index (χ0) is 13.2. The maximum atomic E-state index is 10.9. The Hall–Kier alpha value is -1.18. The van der Waals surface area contributed by atoms with Crippen LogP contribution in [0.15, 0.2) is 0 Å². The number of rotatable bonds is 2. The quantitative estimate of drug-likeness (QED) is 0.601. The smallest absolute Gasteiger partial charge is 0.303 e. The average molecular weight is 248 g/mol. The normalized spacial score (nSPS) is 37.4. The Labute approximate surface area is 98.3 Å². The van der Waals surface area contributed by atoms with Crippen molar-refractivity contribution in [2.24, 2.45) is 0 Å². The molecule has 1 fully saturated rings. The predicted octanol–water partition coefficient (Wildman–Crippen LogP) is -1.05. The van der Waals surface area contributed by atoms with Gasteiger partial charge in [0.25, 0.3) is 0 Å². The van der Waals surface area contributed by atoms with Crippen LogP contribution in [0.25, 0.3) is 0 Å². The minimum Gasteiger partial charge on any atom is -0.455 e. The van der Waals surface area contributed by atoms with Gasteiger partial charge in [-0.2, -0.15) is 0 Å². The molecular weight excluding hydrogens is 232 g/mol. The van der Waals surface area contributed by atoms with Gasteiger partial charge in [-0.25, -0.2) is 0 Å². The number of esters is 2. The van der Waals surface area contributed by atoms with E-state index in [0.29, 0.717) is 0 Å². The van der Waals surface area contributed by atoms with E-state index in [1.54, 1.807) is 0 Å². The van der Waals surface area contributed by atoms with Gasteiger partial charge in [0.05, 0.1) is 6.10 Å². The standard InChI is InChI=1S/C10H16O7/c1-4-7(13)8(16-5(2)11)9(10(14)15-4)17-6(3)12/h4,7-10,13-14H,1-3H3. The Kier molecular flexibility index (Phi) is 4.44. The van der Waals surface area contributed by atoms with Crippen LogP contribution in [0.3, 0.4) is 0 Å². The molecule has 7 nitrogen and oxygen atoms in total. The number of ether oxygens (including phenoxy) is 3. The van der Waals surface area contributed by atoms with E-state index in [2.05, 4.69) is 0 Å². The molecule has 2 N–H and O–H groups in total. The summed E-state index contributed by atoms with van der Waals surface area (Å²) in [4.78, 5) is 21.8. The van der Waals surface area contributed by atoms with Crippen LogP contribution in [0.1, 0.15) is 20.8 Å². The van der Waals surface area contributed by atoms with E-state index >= 15 is 0 Å². The number of hydrogen-bond acceptors (Lipinski definition) is 7. The van der Waals surface area contributed by atoms with Gasteiger partial charge in [0, 0.05) is 13.8 Å². The highest BCUT2D eigenvalue weighted by Gasteiger charge is 2.47. The average Bonchev–Trinajstić information content (AvgIpc) is 2.19. The molecule has 0 saturated carbocycles. The third-order valence-electron chi connectivity index (χ3n) is 2.38. The van der Waals surface area contributed by atoms with Gasteiger partial charge in [0.2, 0.25) is 0 Å². The fourth-order valence-electron chi connectivity index (χ4n) is 1.65. The van der Waals surface area contributed by atoms with Crippen molar-refractivity contribution in [1.29, 1.82) is 0 Å². The SMILES string of the molecule is CC(=O)OC1C(O)OC(C)C(O)C1OC(C)=O. The molecule has 1 aliphatic heterocycles. The van der Waals surface area contributed by atoms with Gasteiger partial charge < -0.3 is 24.4 Å². The molecule has 0 aromatic heterocycles. The lowest BCUT2D eigenvalue weighted by molar-refractivity contribution is -0.285. The summed E-state index contributed by atoms with van der Waals surface area (Å²) in [5, 5.41) is 19.4. The minimum absolute atomic E-state index is 0.646. The first kappa shape index (κ1) is 13.9. The maximum Gasteiger partial charge on any atom is 0.303 e. The molecular formula is C10H16O7. The lowest BCUT2D eigenvalue weighted by atomic mass is 9.99. The summed E-state index contributed by atoms with van der Waals surface area (Å²) in [5.41, 5.74) is 0. The van der Waals surface area contributed by atoms with Crippen LogP contribution in [0.5, 0.6) is 0 Å². The van der Waals surface area contributed by atoms with Crippen molar-refractivity contribution >= 4 is 11.9 Å². The molecule has 0 aromatic rings. The zero-order valence-electron chi connectivity index (χ0n) is 9.82. The Balaban J connectivity index is 2.86. The monoisotopic (exact) mass is 248 g/mol. The Bertz CT molecular complexity index is 303. The highest BCUT2D eigenvalue weighted by atomic mass is 16.7. The fourth-order valence-corrected chi connectivity index (χ4v) is 1.65. The molecule has 5 atom stereocenters. The third-order valence-corrected chi connectivity index (χ3v) is 2.38. The van der Waals surface area contributed by atoms with E-state index in [1.165, 1.54) is 6.92 Å². The first-order chi connectivity index (χ1) is 7.82. The molecule has 0 aliphatic carbocycles. The van der Waals surface area contributed by atoms with Gasteiger partial charge in [-0.1, -0.05) is 0 Å². The lowest BCUT2D eigenvalue weighted by Crippen LogP contribution is -2.59. The van der Waals surface area contributed by atoms with Crippen LogP contribution in [0.4, 0.5) is 0 Å². The van der Waals surface area contributed by atoms with Crippen molar-refractivity contribution in [3.63, 3.8) is 0 Å². The van der Waals surface area contributed by atoms with Crippen molar-refractivity contribution in [3.05, 3.63) is 0 Å². The fraction of sp³-hybridized carbons (Fsp3) is 0.800. The van der Waals surface area contributed by atoms with Crippen LogP contribution in [0, 0.1) is 0 Å². The second-order valence-corrected chi connectivity index (χ2v) is 3.87. The number of hydrogen-bond donors (Lipinski definition) is 2. The molecule has 0 bridgehead atoms. The van der Waals surface area contributed by atoms with Gasteiger partial charge in [-0.05, 0) is 6.92 Å². The van der Waals surface area contributed by atoms with Crippen molar-refractivity contribution in [2.45, 2.75) is 51.5 Å². The summed E-state index contributed by atoms with van der Waals surface area (Å²) < 4.78 is 14.6. The summed E-state index contributed by atoms with van der Waals surface area (Å²) in [7, 11) is 0. The zero-order valence-corrected chi connectivity index (χ0v) is 9.82. The van der Waals surface area contributed by atoms with Crippen LogP contribution < -0.4 is 0 Å². The number of carbonyl (C=O) groups excluding carboxylic acids is 2. The molecule has 1 saturated heterocycles. The maximum absolute atomic E-state index is 10.9. The summed E-state index contributed by atoms with van der Waals surface area (Å²) in [6.45, 7) is 3.81. The van der Waals surface area contributed by atoms with Crippen LogP contribution in [0.2, 0.25) is 0 Å². The van der Waals surface area contributed by atoms with Gasteiger partial charge in [0.15, 0.2) is 18.5 Å². The van der Waals surface area contributed by atoms with E-state index in [4.69, 9.17) is 14.2 Å². The lowest BCUT2D eigenvalue weighted by Gasteiger charge is -2.40. The van der Waals surface area contributed by atoms with Crippen molar-refractivity contribution in [1.82, 2.24) is 0 Å². The predicted molar refractivity (Wildman–Crippen MR) is 53.7 cm³/mol. The number of aliphatic hydroxyl groups excluding tert-OH is 2. The van der Waals surface area contributed by atoms with E-state index in [9.17, 15) is 19.8 Å². The summed E-state index contributed by atoms with van der Waals surface area (Å²) in [6, 6.07) is 0. The number of carbonyl (C=O) groups is 2. The molecule has 1 heterocycles. The highest BCUT2D eigenvalue weighted by Crippen LogP contribution is 2.24. The van der Waals surface area contributed by atoms with Crippen LogP contribution in [-0.2, 0) is 23.8 Å². The molecule has 17 heavy (non-hydrogen) atoms.